The fourth-order valence-electron chi connectivity index (χ4n) is 2.41. The van der Waals surface area contributed by atoms with Gasteiger partial charge in [0.2, 0.25) is 0 Å². The fraction of sp³-hybridized carbons (Fsp3) is 0.500. The molecule has 0 saturated heterocycles. The molecule has 0 aromatic carbocycles. The maximum absolute atomic E-state index is 11.6. The third-order valence-corrected chi connectivity index (χ3v) is 3.76. The molecule has 0 amide bonds. The lowest BCUT2D eigenvalue weighted by atomic mass is 9.64. The van der Waals surface area contributed by atoms with E-state index in [0.717, 1.165) is 0 Å². The van der Waals surface area contributed by atoms with E-state index in [-0.39, 0.29) is 12.2 Å². The van der Waals surface area contributed by atoms with E-state index in [1.807, 2.05) is 13.8 Å². The highest BCUT2D eigenvalue weighted by atomic mass is 16.5. The highest BCUT2D eigenvalue weighted by Gasteiger charge is 2.46. The van der Waals surface area contributed by atoms with Gasteiger partial charge in [-0.2, -0.15) is 0 Å². The topological polar surface area (TPSA) is 63.6 Å². The predicted octanol–water partition coefficient (Wildman–Crippen LogP) is 2.34. The zero-order chi connectivity index (χ0) is 15.6. The molecule has 1 unspecified atom stereocenters. The van der Waals surface area contributed by atoms with Crippen molar-refractivity contribution in [3.63, 3.8) is 0 Å². The maximum atomic E-state index is 11.6. The lowest BCUT2D eigenvalue weighted by Crippen LogP contribution is -2.48. The van der Waals surface area contributed by atoms with Crippen LogP contribution in [0.3, 0.4) is 0 Å². The second-order valence-electron chi connectivity index (χ2n) is 5.87. The van der Waals surface area contributed by atoms with Crippen LogP contribution in [0.5, 0.6) is 0 Å². The van der Waals surface area contributed by atoms with Crippen LogP contribution >= 0.6 is 0 Å². The monoisotopic (exact) mass is 278 g/mol. The SMILES string of the molecule is COC(=O)/C=C(/C)C=CC1(O)C(C)=CC(=O)CC1(C)C. The molecule has 0 aromatic heterocycles. The molecule has 1 aliphatic rings. The van der Waals surface area contributed by atoms with Crippen LogP contribution in [0.15, 0.2) is 35.5 Å². The summed E-state index contributed by atoms with van der Waals surface area (Å²) < 4.78 is 4.55. The Morgan fingerprint density at radius 3 is 2.55 bits per heavy atom. The lowest BCUT2D eigenvalue weighted by molar-refractivity contribution is -0.134. The summed E-state index contributed by atoms with van der Waals surface area (Å²) in [6, 6.07) is 0. The van der Waals surface area contributed by atoms with Crippen LogP contribution in [0.2, 0.25) is 0 Å². The standard InChI is InChI=1S/C16H22O4/c1-11(8-14(18)20-5)6-7-16(19)12(2)9-13(17)10-15(16,3)4/h6-9,19H,10H2,1-5H3/b7-6?,11-8-. The number of allylic oxidation sites excluding steroid dienone is 3. The number of methoxy groups -OCH3 is 1. The van der Waals surface area contributed by atoms with Gasteiger partial charge in [-0.3, -0.25) is 4.79 Å². The van der Waals surface area contributed by atoms with Gasteiger partial charge in [-0.05, 0) is 37.1 Å². The molecule has 0 saturated carbocycles. The third kappa shape index (κ3) is 3.25. The molecular weight excluding hydrogens is 256 g/mol. The molecule has 110 valence electrons. The molecule has 0 radical (unpaired) electrons. The average molecular weight is 278 g/mol. The minimum Gasteiger partial charge on any atom is -0.466 e. The summed E-state index contributed by atoms with van der Waals surface area (Å²) in [6.07, 6.45) is 6.42. The predicted molar refractivity (Wildman–Crippen MR) is 77.0 cm³/mol. The summed E-state index contributed by atoms with van der Waals surface area (Å²) >= 11 is 0. The van der Waals surface area contributed by atoms with Crippen LogP contribution in [-0.4, -0.2) is 29.6 Å². The smallest absolute Gasteiger partial charge is 0.330 e. The van der Waals surface area contributed by atoms with Gasteiger partial charge >= 0.3 is 5.97 Å². The molecular formula is C16H22O4. The van der Waals surface area contributed by atoms with E-state index in [4.69, 9.17) is 0 Å². The minimum absolute atomic E-state index is 0.0207. The fourth-order valence-corrected chi connectivity index (χ4v) is 2.41. The van der Waals surface area contributed by atoms with Crippen LogP contribution in [-0.2, 0) is 14.3 Å². The van der Waals surface area contributed by atoms with Crippen LogP contribution in [0.4, 0.5) is 0 Å². The Morgan fingerprint density at radius 2 is 2.05 bits per heavy atom. The number of carbonyl (C=O) groups excluding carboxylic acids is 2. The summed E-state index contributed by atoms with van der Waals surface area (Å²) in [6.45, 7) is 7.19. The van der Waals surface area contributed by atoms with Crippen molar-refractivity contribution in [1.29, 1.82) is 0 Å². The van der Waals surface area contributed by atoms with Gasteiger partial charge in [0.1, 0.15) is 5.60 Å². The number of ether oxygens (including phenoxy) is 1. The van der Waals surface area contributed by atoms with E-state index in [0.29, 0.717) is 11.1 Å². The number of ketones is 1. The Kier molecular flexibility index (Phi) is 4.71. The van der Waals surface area contributed by atoms with Gasteiger partial charge in [0, 0.05) is 17.9 Å². The van der Waals surface area contributed by atoms with Crippen LogP contribution in [0.25, 0.3) is 0 Å². The molecule has 0 spiro atoms. The average Bonchev–Trinajstić information content (AvgIpc) is 2.32. The number of esters is 1. The number of carbonyl (C=O) groups is 2. The van der Waals surface area contributed by atoms with Gasteiger partial charge in [0.05, 0.1) is 7.11 Å². The molecule has 0 heterocycles. The number of aliphatic hydroxyl groups is 1. The quantitative estimate of drug-likeness (QED) is 0.489. The van der Waals surface area contributed by atoms with Crippen LogP contribution in [0, 0.1) is 5.41 Å². The maximum Gasteiger partial charge on any atom is 0.330 e. The Bertz CT molecular complexity index is 509. The normalized spacial score (nSPS) is 26.6. The molecule has 1 rings (SSSR count). The van der Waals surface area contributed by atoms with Crippen molar-refractivity contribution in [2.45, 2.75) is 39.7 Å². The second kappa shape index (κ2) is 5.75. The largest absolute Gasteiger partial charge is 0.466 e. The van der Waals surface area contributed by atoms with E-state index in [1.165, 1.54) is 19.3 Å². The summed E-state index contributed by atoms with van der Waals surface area (Å²) in [5.74, 6) is -0.420. The molecule has 1 aliphatic carbocycles. The molecule has 0 bridgehead atoms. The molecule has 0 fully saturated rings. The third-order valence-electron chi connectivity index (χ3n) is 3.76. The summed E-state index contributed by atoms with van der Waals surface area (Å²) in [5, 5.41) is 10.9. The molecule has 1 atom stereocenters. The van der Waals surface area contributed by atoms with Crippen molar-refractivity contribution < 1.29 is 19.4 Å². The first-order valence-corrected chi connectivity index (χ1v) is 6.52. The lowest BCUT2D eigenvalue weighted by Gasteiger charge is -2.43. The van der Waals surface area contributed by atoms with Gasteiger partial charge in [0.15, 0.2) is 5.78 Å². The van der Waals surface area contributed by atoms with Crippen LogP contribution < -0.4 is 0 Å². The molecule has 0 aromatic rings. The van der Waals surface area contributed by atoms with Crippen molar-refractivity contribution in [3.8, 4) is 0 Å². The number of rotatable bonds is 3. The second-order valence-corrected chi connectivity index (χ2v) is 5.87. The first kappa shape index (κ1) is 16.4. The summed E-state index contributed by atoms with van der Waals surface area (Å²) in [5.41, 5.74) is -0.511. The minimum atomic E-state index is -1.20. The first-order valence-electron chi connectivity index (χ1n) is 6.52. The number of hydrogen-bond donors (Lipinski definition) is 1. The Labute approximate surface area is 119 Å². The summed E-state index contributed by atoms with van der Waals surface area (Å²) in [4.78, 5) is 22.8. The van der Waals surface area contributed by atoms with Gasteiger partial charge < -0.3 is 9.84 Å². The Hall–Kier alpha value is -1.68. The Morgan fingerprint density at radius 1 is 1.45 bits per heavy atom. The first-order chi connectivity index (χ1) is 9.12. The van der Waals surface area contributed by atoms with E-state index >= 15 is 0 Å². The van der Waals surface area contributed by atoms with Gasteiger partial charge in [-0.15, -0.1) is 0 Å². The van der Waals surface area contributed by atoms with Gasteiger partial charge in [-0.25, -0.2) is 4.79 Å². The van der Waals surface area contributed by atoms with E-state index in [9.17, 15) is 14.7 Å². The van der Waals surface area contributed by atoms with E-state index in [1.54, 1.807) is 26.0 Å². The van der Waals surface area contributed by atoms with Crippen molar-refractivity contribution in [2.24, 2.45) is 5.41 Å². The van der Waals surface area contributed by atoms with Gasteiger partial charge in [0.25, 0.3) is 0 Å². The molecule has 1 N–H and O–H groups in total. The number of hydrogen-bond acceptors (Lipinski definition) is 4. The highest BCUT2D eigenvalue weighted by molar-refractivity contribution is 5.92. The van der Waals surface area contributed by atoms with Crippen molar-refractivity contribution in [1.82, 2.24) is 0 Å². The van der Waals surface area contributed by atoms with Crippen molar-refractivity contribution >= 4 is 11.8 Å². The van der Waals surface area contributed by atoms with Crippen LogP contribution in [0.1, 0.15) is 34.1 Å². The zero-order valence-electron chi connectivity index (χ0n) is 12.7. The van der Waals surface area contributed by atoms with E-state index in [2.05, 4.69) is 4.74 Å². The highest BCUT2D eigenvalue weighted by Crippen LogP contribution is 2.44. The zero-order valence-corrected chi connectivity index (χ0v) is 12.7. The van der Waals surface area contributed by atoms with Crippen molar-refractivity contribution in [2.75, 3.05) is 7.11 Å². The molecule has 0 aliphatic heterocycles. The molecule has 4 heteroatoms. The van der Waals surface area contributed by atoms with E-state index < -0.39 is 17.0 Å². The summed E-state index contributed by atoms with van der Waals surface area (Å²) in [7, 11) is 1.31. The Balaban J connectivity index is 3.10. The van der Waals surface area contributed by atoms with Gasteiger partial charge in [-0.1, -0.05) is 19.9 Å². The molecule has 20 heavy (non-hydrogen) atoms. The van der Waals surface area contributed by atoms with Crippen molar-refractivity contribution in [3.05, 3.63) is 35.5 Å². The molecule has 4 nitrogen and oxygen atoms in total.